The van der Waals surface area contributed by atoms with E-state index in [9.17, 15) is 4.79 Å². The Kier molecular flexibility index (Phi) is 5.04. The second-order valence-electron chi connectivity index (χ2n) is 6.28. The summed E-state index contributed by atoms with van der Waals surface area (Å²) in [6.07, 6.45) is 7.04. The van der Waals surface area contributed by atoms with Crippen molar-refractivity contribution in [3.63, 3.8) is 0 Å². The minimum absolute atomic E-state index is 0.0158. The number of hydrogen-bond donors (Lipinski definition) is 0. The van der Waals surface area contributed by atoms with Crippen LogP contribution in [0.25, 0.3) is 0 Å². The lowest BCUT2D eigenvalue weighted by Crippen LogP contribution is -2.49. The van der Waals surface area contributed by atoms with Gasteiger partial charge in [0.1, 0.15) is 0 Å². The van der Waals surface area contributed by atoms with E-state index in [1.807, 2.05) is 0 Å². The van der Waals surface area contributed by atoms with Crippen LogP contribution in [-0.2, 0) is 9.53 Å². The summed E-state index contributed by atoms with van der Waals surface area (Å²) < 4.78 is 5.48. The molecule has 2 aliphatic rings. The molecule has 0 aromatic carbocycles. The molecule has 0 radical (unpaired) electrons. The molecule has 104 valence electrons. The van der Waals surface area contributed by atoms with E-state index in [2.05, 4.69) is 18.7 Å². The fourth-order valence-electron chi connectivity index (χ4n) is 3.36. The fourth-order valence-corrected chi connectivity index (χ4v) is 3.36. The van der Waals surface area contributed by atoms with Gasteiger partial charge in [0.2, 0.25) is 0 Å². The summed E-state index contributed by atoms with van der Waals surface area (Å²) in [6.45, 7) is 7.27. The Bertz CT molecular complexity index is 276. The average Bonchev–Trinajstić information content (AvgIpc) is 2.35. The fraction of sp³-hybridized carbons (Fsp3) is 0.933. The van der Waals surface area contributed by atoms with Gasteiger partial charge < -0.3 is 4.74 Å². The number of nitrogens with zero attached hydrogens (tertiary/aromatic N) is 1. The van der Waals surface area contributed by atoms with Crippen molar-refractivity contribution in [2.75, 3.05) is 19.7 Å². The van der Waals surface area contributed by atoms with Gasteiger partial charge in [-0.3, -0.25) is 9.69 Å². The van der Waals surface area contributed by atoms with Gasteiger partial charge in [-0.25, -0.2) is 0 Å². The lowest BCUT2D eigenvalue weighted by Gasteiger charge is -2.44. The first kappa shape index (κ1) is 13.9. The molecule has 0 spiro atoms. The Hall–Kier alpha value is -0.570. The highest BCUT2D eigenvalue weighted by molar-refractivity contribution is 5.69. The van der Waals surface area contributed by atoms with Gasteiger partial charge >= 0.3 is 5.97 Å². The van der Waals surface area contributed by atoms with E-state index < -0.39 is 0 Å². The van der Waals surface area contributed by atoms with E-state index in [1.165, 1.54) is 45.2 Å². The van der Waals surface area contributed by atoms with Gasteiger partial charge in [-0.1, -0.05) is 20.3 Å². The normalized spacial score (nSPS) is 29.1. The number of piperidine rings is 2. The van der Waals surface area contributed by atoms with E-state index in [4.69, 9.17) is 4.74 Å². The van der Waals surface area contributed by atoms with E-state index in [0.29, 0.717) is 30.9 Å². The maximum Gasteiger partial charge on any atom is 0.306 e. The van der Waals surface area contributed by atoms with Crippen molar-refractivity contribution in [2.45, 2.75) is 58.4 Å². The van der Waals surface area contributed by atoms with Crippen LogP contribution < -0.4 is 0 Å². The minimum Gasteiger partial charge on any atom is -0.465 e. The molecule has 3 heteroatoms. The zero-order chi connectivity index (χ0) is 13.0. The molecule has 2 heterocycles. The summed E-state index contributed by atoms with van der Waals surface area (Å²) in [5.74, 6) is 0.961. The number of rotatable bonds is 4. The molecular formula is C15H27NO2. The molecule has 2 atom stereocenters. The molecule has 2 aliphatic heterocycles. The first-order valence-electron chi connectivity index (χ1n) is 7.56. The molecule has 0 aliphatic carbocycles. The largest absolute Gasteiger partial charge is 0.465 e. The van der Waals surface area contributed by atoms with Crippen LogP contribution in [0.2, 0.25) is 0 Å². The van der Waals surface area contributed by atoms with E-state index >= 15 is 0 Å². The highest BCUT2D eigenvalue weighted by atomic mass is 16.5. The zero-order valence-electron chi connectivity index (χ0n) is 11.9. The molecular weight excluding hydrogens is 226 g/mol. The van der Waals surface area contributed by atoms with Crippen molar-refractivity contribution in [1.29, 1.82) is 0 Å². The van der Waals surface area contributed by atoms with E-state index in [1.54, 1.807) is 0 Å². The number of fused-ring (bicyclic) bond motifs is 1. The average molecular weight is 253 g/mol. The third-order valence-corrected chi connectivity index (χ3v) is 4.26. The van der Waals surface area contributed by atoms with Crippen LogP contribution in [0.3, 0.4) is 0 Å². The second-order valence-corrected chi connectivity index (χ2v) is 6.28. The van der Waals surface area contributed by atoms with Gasteiger partial charge in [-0.05, 0) is 44.7 Å². The molecule has 18 heavy (non-hydrogen) atoms. The van der Waals surface area contributed by atoms with Crippen molar-refractivity contribution in [3.8, 4) is 0 Å². The summed E-state index contributed by atoms with van der Waals surface area (Å²) in [7, 11) is 0. The number of ether oxygens (including phenoxy) is 1. The number of carbonyl (C=O) groups excluding carboxylic acids is 1. The molecule has 3 nitrogen and oxygen atoms in total. The van der Waals surface area contributed by atoms with Crippen LogP contribution in [0.15, 0.2) is 0 Å². The Morgan fingerprint density at radius 1 is 1.22 bits per heavy atom. The maximum atomic E-state index is 11.6. The number of hydrogen-bond acceptors (Lipinski definition) is 3. The van der Waals surface area contributed by atoms with Gasteiger partial charge in [-0.2, -0.15) is 0 Å². The van der Waals surface area contributed by atoms with Gasteiger partial charge in [0.15, 0.2) is 0 Å². The molecule has 2 rings (SSSR count). The van der Waals surface area contributed by atoms with Crippen LogP contribution in [0.4, 0.5) is 0 Å². The predicted octanol–water partition coefficient (Wildman–Crippen LogP) is 2.84. The Morgan fingerprint density at radius 3 is 2.78 bits per heavy atom. The van der Waals surface area contributed by atoms with E-state index in [-0.39, 0.29) is 5.97 Å². The first-order chi connectivity index (χ1) is 8.66. The standard InChI is InChI=1S/C15H27NO2/c1-12(2)10-15(17)18-11-13-6-5-9-16-8-4-3-7-14(13)16/h12-14H,3-11H2,1-2H3/t13-,14-/m1/s1. The highest BCUT2D eigenvalue weighted by Crippen LogP contribution is 2.31. The van der Waals surface area contributed by atoms with Gasteiger partial charge in [0, 0.05) is 18.4 Å². The molecule has 2 saturated heterocycles. The second kappa shape index (κ2) is 6.55. The van der Waals surface area contributed by atoms with Crippen LogP contribution in [0, 0.1) is 11.8 Å². The third-order valence-electron chi connectivity index (χ3n) is 4.26. The van der Waals surface area contributed by atoms with Crippen molar-refractivity contribution in [2.24, 2.45) is 11.8 Å². The molecule has 0 bridgehead atoms. The van der Waals surface area contributed by atoms with E-state index in [0.717, 1.165) is 0 Å². The van der Waals surface area contributed by atoms with Gasteiger partial charge in [-0.15, -0.1) is 0 Å². The molecule has 0 saturated carbocycles. The maximum absolute atomic E-state index is 11.6. The molecule has 0 N–H and O–H groups in total. The van der Waals surface area contributed by atoms with Gasteiger partial charge in [0.25, 0.3) is 0 Å². The summed E-state index contributed by atoms with van der Waals surface area (Å²) in [4.78, 5) is 14.2. The van der Waals surface area contributed by atoms with Crippen molar-refractivity contribution >= 4 is 5.97 Å². The summed E-state index contributed by atoms with van der Waals surface area (Å²) in [6, 6.07) is 0.680. The van der Waals surface area contributed by atoms with Gasteiger partial charge in [0.05, 0.1) is 6.61 Å². The Morgan fingerprint density at radius 2 is 2.00 bits per heavy atom. The summed E-state index contributed by atoms with van der Waals surface area (Å²) >= 11 is 0. The van der Waals surface area contributed by atoms with Crippen molar-refractivity contribution in [1.82, 2.24) is 4.90 Å². The zero-order valence-corrected chi connectivity index (χ0v) is 11.9. The van der Waals surface area contributed by atoms with Crippen LogP contribution >= 0.6 is 0 Å². The Balaban J connectivity index is 1.79. The Labute approximate surface area is 111 Å². The van der Waals surface area contributed by atoms with Crippen LogP contribution in [0.5, 0.6) is 0 Å². The van der Waals surface area contributed by atoms with Crippen LogP contribution in [0.1, 0.15) is 52.4 Å². The first-order valence-corrected chi connectivity index (χ1v) is 7.56. The SMILES string of the molecule is CC(C)CC(=O)OC[C@H]1CCCN2CCCC[C@H]12. The van der Waals surface area contributed by atoms with Crippen LogP contribution in [-0.4, -0.2) is 36.6 Å². The van der Waals surface area contributed by atoms with Crippen molar-refractivity contribution in [3.05, 3.63) is 0 Å². The number of carbonyl (C=O) groups is 1. The molecule has 0 aromatic rings. The minimum atomic E-state index is -0.0158. The lowest BCUT2D eigenvalue weighted by molar-refractivity contribution is -0.147. The third kappa shape index (κ3) is 3.71. The quantitative estimate of drug-likeness (QED) is 0.722. The monoisotopic (exact) mass is 253 g/mol. The lowest BCUT2D eigenvalue weighted by atomic mass is 9.84. The smallest absolute Gasteiger partial charge is 0.306 e. The summed E-state index contributed by atoms with van der Waals surface area (Å²) in [5, 5.41) is 0. The summed E-state index contributed by atoms with van der Waals surface area (Å²) in [5.41, 5.74) is 0. The molecule has 0 aromatic heterocycles. The predicted molar refractivity (Wildman–Crippen MR) is 72.4 cm³/mol. The van der Waals surface area contributed by atoms with Crippen molar-refractivity contribution < 1.29 is 9.53 Å². The number of esters is 1. The molecule has 2 fully saturated rings. The molecule has 0 amide bonds. The molecule has 0 unspecified atom stereocenters. The topological polar surface area (TPSA) is 29.5 Å². The highest BCUT2D eigenvalue weighted by Gasteiger charge is 2.33.